The van der Waals surface area contributed by atoms with Crippen LogP contribution in [0, 0.1) is 5.82 Å². The van der Waals surface area contributed by atoms with Gasteiger partial charge in [-0.1, -0.05) is 23.2 Å². The number of nitrogens with zero attached hydrogens (tertiary/aromatic N) is 3. The van der Waals surface area contributed by atoms with Crippen LogP contribution in [-0.4, -0.2) is 29.7 Å². The van der Waals surface area contributed by atoms with Crippen molar-refractivity contribution in [3.05, 3.63) is 46.0 Å². The van der Waals surface area contributed by atoms with Crippen molar-refractivity contribution in [1.29, 1.82) is 0 Å². The Morgan fingerprint density at radius 2 is 2.00 bits per heavy atom. The zero-order chi connectivity index (χ0) is 15.7. The Morgan fingerprint density at radius 1 is 1.23 bits per heavy atom. The highest BCUT2D eigenvalue weighted by Crippen LogP contribution is 2.33. The molecule has 22 heavy (non-hydrogen) atoms. The molecule has 116 valence electrons. The van der Waals surface area contributed by atoms with Gasteiger partial charge in [-0.3, -0.25) is 0 Å². The molecule has 0 aliphatic carbocycles. The first-order chi connectivity index (χ1) is 10.6. The van der Waals surface area contributed by atoms with Crippen LogP contribution in [0.2, 0.25) is 10.0 Å². The van der Waals surface area contributed by atoms with Crippen molar-refractivity contribution >= 4 is 34.8 Å². The van der Waals surface area contributed by atoms with Crippen molar-refractivity contribution in [1.82, 2.24) is 9.97 Å². The molecule has 0 amide bonds. The van der Waals surface area contributed by atoms with Crippen LogP contribution in [0.4, 0.5) is 16.0 Å². The summed E-state index contributed by atoms with van der Waals surface area (Å²) in [6.07, 6.45) is 2.71. The Morgan fingerprint density at radius 3 is 2.77 bits per heavy atom. The summed E-state index contributed by atoms with van der Waals surface area (Å²) in [5.41, 5.74) is 6.40. The lowest BCUT2D eigenvalue weighted by molar-refractivity contribution is 0.0394. The highest BCUT2D eigenvalue weighted by Gasteiger charge is 2.26. The lowest BCUT2D eigenvalue weighted by atomic mass is 10.1. The van der Waals surface area contributed by atoms with Crippen LogP contribution in [-0.2, 0) is 4.74 Å². The van der Waals surface area contributed by atoms with Crippen LogP contribution >= 0.6 is 23.2 Å². The number of nitrogens with two attached hydrogens (primary N) is 1. The van der Waals surface area contributed by atoms with Gasteiger partial charge in [0, 0.05) is 29.5 Å². The molecule has 0 bridgehead atoms. The highest BCUT2D eigenvalue weighted by molar-refractivity contribution is 6.35. The van der Waals surface area contributed by atoms with E-state index >= 15 is 0 Å². The fourth-order valence-corrected chi connectivity index (χ4v) is 2.90. The Hall–Kier alpha value is -1.63. The van der Waals surface area contributed by atoms with Gasteiger partial charge in [-0.2, -0.15) is 0 Å². The largest absolute Gasteiger partial charge is 0.381 e. The number of hydrogen-bond donors (Lipinski definition) is 1. The van der Waals surface area contributed by atoms with Crippen LogP contribution in [0.1, 0.15) is 11.7 Å². The summed E-state index contributed by atoms with van der Waals surface area (Å²) in [6.45, 7) is 1.51. The molecule has 1 aromatic carbocycles. The summed E-state index contributed by atoms with van der Waals surface area (Å²) in [7, 11) is 0. The summed E-state index contributed by atoms with van der Waals surface area (Å²) >= 11 is 11.9. The van der Waals surface area contributed by atoms with Crippen LogP contribution in [0.25, 0.3) is 0 Å². The molecule has 2 N–H and O–H groups in total. The molecule has 1 fully saturated rings. The highest BCUT2D eigenvalue weighted by atomic mass is 35.5. The molecule has 1 unspecified atom stereocenters. The van der Waals surface area contributed by atoms with Crippen LogP contribution in [0.5, 0.6) is 0 Å². The summed E-state index contributed by atoms with van der Waals surface area (Å²) < 4.78 is 19.4. The van der Waals surface area contributed by atoms with E-state index in [2.05, 4.69) is 9.97 Å². The lowest BCUT2D eigenvalue weighted by Crippen LogP contribution is -2.39. The van der Waals surface area contributed by atoms with Crippen molar-refractivity contribution < 1.29 is 9.13 Å². The van der Waals surface area contributed by atoms with Gasteiger partial charge < -0.3 is 15.4 Å². The number of morpholine rings is 1. The zero-order valence-corrected chi connectivity index (χ0v) is 13.0. The first-order valence-corrected chi connectivity index (χ1v) is 7.39. The predicted molar refractivity (Wildman–Crippen MR) is 83.8 cm³/mol. The Labute approximate surface area is 136 Å². The third kappa shape index (κ3) is 2.95. The van der Waals surface area contributed by atoms with E-state index in [1.54, 1.807) is 6.20 Å². The summed E-state index contributed by atoms with van der Waals surface area (Å²) in [5, 5.41) is 0.352. The summed E-state index contributed by atoms with van der Waals surface area (Å²) in [4.78, 5) is 10.2. The van der Waals surface area contributed by atoms with Crippen molar-refractivity contribution in [3.8, 4) is 0 Å². The van der Waals surface area contributed by atoms with E-state index in [0.29, 0.717) is 41.9 Å². The number of aromatic nitrogens is 2. The molecule has 5 nitrogen and oxygen atoms in total. The van der Waals surface area contributed by atoms with E-state index in [-0.39, 0.29) is 5.02 Å². The maximum atomic E-state index is 13.7. The van der Waals surface area contributed by atoms with Gasteiger partial charge in [-0.15, -0.1) is 0 Å². The number of rotatable bonds is 2. The first-order valence-electron chi connectivity index (χ1n) is 6.63. The van der Waals surface area contributed by atoms with Gasteiger partial charge in [-0.25, -0.2) is 14.4 Å². The van der Waals surface area contributed by atoms with Crippen molar-refractivity contribution in [3.63, 3.8) is 0 Å². The summed E-state index contributed by atoms with van der Waals surface area (Å²) in [6, 6.07) is 2.69. The lowest BCUT2D eigenvalue weighted by Gasteiger charge is -2.34. The number of hydrogen-bond acceptors (Lipinski definition) is 5. The first kappa shape index (κ1) is 15.3. The van der Waals surface area contributed by atoms with Crippen LogP contribution in [0.3, 0.4) is 0 Å². The number of benzene rings is 1. The average Bonchev–Trinajstić information content (AvgIpc) is 2.51. The van der Waals surface area contributed by atoms with E-state index in [9.17, 15) is 4.39 Å². The third-order valence-corrected chi connectivity index (χ3v) is 4.08. The normalized spacial score (nSPS) is 18.5. The smallest absolute Gasteiger partial charge is 0.171 e. The molecule has 1 aliphatic heterocycles. The number of ether oxygens (including phenoxy) is 1. The van der Waals surface area contributed by atoms with Crippen molar-refractivity contribution in [2.75, 3.05) is 30.3 Å². The van der Waals surface area contributed by atoms with Gasteiger partial charge in [0.05, 0.1) is 18.2 Å². The minimum atomic E-state index is -0.527. The van der Waals surface area contributed by atoms with E-state index in [0.717, 1.165) is 0 Å². The monoisotopic (exact) mass is 342 g/mol. The molecule has 0 radical (unpaired) electrons. The molecule has 8 heteroatoms. The minimum absolute atomic E-state index is 0.0143. The Balaban J connectivity index is 1.88. The minimum Gasteiger partial charge on any atom is -0.381 e. The summed E-state index contributed by atoms with van der Waals surface area (Å²) in [5.74, 6) is 0.402. The molecule has 0 spiro atoms. The van der Waals surface area contributed by atoms with Crippen LogP contribution < -0.4 is 10.6 Å². The molecule has 1 saturated heterocycles. The maximum Gasteiger partial charge on any atom is 0.171 e. The van der Waals surface area contributed by atoms with Gasteiger partial charge in [0.2, 0.25) is 0 Å². The average molecular weight is 343 g/mol. The topological polar surface area (TPSA) is 64.3 Å². The van der Waals surface area contributed by atoms with Crippen molar-refractivity contribution in [2.24, 2.45) is 0 Å². The number of anilines is 2. The van der Waals surface area contributed by atoms with Gasteiger partial charge >= 0.3 is 0 Å². The molecule has 0 saturated carbocycles. The molecule has 1 aromatic heterocycles. The maximum absolute atomic E-state index is 13.7. The molecule has 1 aliphatic rings. The SMILES string of the molecule is Nc1nccnc1N1CCOC(c2cc(F)c(Cl)cc2Cl)C1. The quantitative estimate of drug-likeness (QED) is 0.849. The molecule has 3 rings (SSSR count). The molecular formula is C14H13Cl2FN4O. The van der Waals surface area contributed by atoms with Gasteiger partial charge in [-0.05, 0) is 12.1 Å². The van der Waals surface area contributed by atoms with Gasteiger partial charge in [0.15, 0.2) is 11.6 Å². The van der Waals surface area contributed by atoms with E-state index < -0.39 is 11.9 Å². The predicted octanol–water partition coefficient (Wildman–Crippen LogP) is 3.08. The van der Waals surface area contributed by atoms with E-state index in [1.807, 2.05) is 4.90 Å². The third-order valence-electron chi connectivity index (χ3n) is 3.46. The number of nitrogen functional groups attached to an aromatic ring is 1. The molecular weight excluding hydrogens is 330 g/mol. The van der Waals surface area contributed by atoms with Crippen molar-refractivity contribution in [2.45, 2.75) is 6.10 Å². The second-order valence-electron chi connectivity index (χ2n) is 4.86. The fraction of sp³-hybridized carbons (Fsp3) is 0.286. The van der Waals surface area contributed by atoms with Gasteiger partial charge in [0.25, 0.3) is 0 Å². The molecule has 1 atom stereocenters. The molecule has 2 heterocycles. The second kappa shape index (κ2) is 6.24. The Kier molecular flexibility index (Phi) is 4.33. The zero-order valence-electron chi connectivity index (χ0n) is 11.5. The van der Waals surface area contributed by atoms with Crippen LogP contribution in [0.15, 0.2) is 24.5 Å². The fourth-order valence-electron chi connectivity index (χ4n) is 2.40. The second-order valence-corrected chi connectivity index (χ2v) is 5.67. The van der Waals surface area contributed by atoms with Gasteiger partial charge in [0.1, 0.15) is 11.9 Å². The van der Waals surface area contributed by atoms with E-state index in [1.165, 1.54) is 18.3 Å². The Bertz CT molecular complexity index is 701. The molecule has 2 aromatic rings. The number of halogens is 3. The van der Waals surface area contributed by atoms with E-state index in [4.69, 9.17) is 33.7 Å². The standard InChI is InChI=1S/C14H13Cl2FN4O/c15-9-6-10(16)11(17)5-8(9)12-7-21(3-4-22-12)14-13(18)19-1-2-20-14/h1-2,5-6,12H,3-4,7H2,(H2,18,19).